The van der Waals surface area contributed by atoms with Gasteiger partial charge in [-0.05, 0) is 57.2 Å². The highest BCUT2D eigenvalue weighted by Crippen LogP contribution is 2.41. The van der Waals surface area contributed by atoms with Crippen LogP contribution in [0.5, 0.6) is 0 Å². The first-order valence-electron chi connectivity index (χ1n) is 10.2. The van der Waals surface area contributed by atoms with Crippen LogP contribution in [-0.2, 0) is 0 Å². The highest BCUT2D eigenvalue weighted by atomic mass is 32.1. The summed E-state index contributed by atoms with van der Waals surface area (Å²) in [6, 6.07) is 4.96. The number of aromatic nitrogens is 2. The fraction of sp³-hybridized carbons (Fsp3) is 0.409. The molecule has 1 N–H and O–H groups in total. The number of nitrogens with zero attached hydrogens (tertiary/aromatic N) is 3. The van der Waals surface area contributed by atoms with E-state index in [4.69, 9.17) is 4.98 Å². The molecule has 1 aromatic carbocycles. The molecule has 0 unspecified atom stereocenters. The van der Waals surface area contributed by atoms with Crippen LogP contribution in [0.25, 0.3) is 10.2 Å². The Morgan fingerprint density at radius 2 is 1.97 bits per heavy atom. The van der Waals surface area contributed by atoms with E-state index in [1.54, 1.807) is 6.07 Å². The van der Waals surface area contributed by atoms with Gasteiger partial charge in [-0.3, -0.25) is 4.79 Å². The van der Waals surface area contributed by atoms with E-state index in [2.05, 4.69) is 15.2 Å². The van der Waals surface area contributed by atoms with E-state index in [9.17, 15) is 9.18 Å². The molecule has 1 aliphatic heterocycles. The van der Waals surface area contributed by atoms with E-state index in [0.29, 0.717) is 10.8 Å². The SMILES string of the molecule is Cc1nc(C2CC2)nc2sc(C(=O)Nc3c(F)cccc3N3CCCC3)c(C)c12. The third-order valence-corrected chi connectivity index (χ3v) is 7.00. The Hall–Kier alpha value is -2.54. The summed E-state index contributed by atoms with van der Waals surface area (Å²) in [6.45, 7) is 5.66. The van der Waals surface area contributed by atoms with Crippen molar-refractivity contribution >= 4 is 38.8 Å². The molecule has 2 fully saturated rings. The van der Waals surface area contributed by atoms with Gasteiger partial charge < -0.3 is 10.2 Å². The second kappa shape index (κ2) is 7.06. The van der Waals surface area contributed by atoms with Crippen LogP contribution in [0.15, 0.2) is 18.2 Å². The minimum Gasteiger partial charge on any atom is -0.370 e. The molecule has 150 valence electrons. The van der Waals surface area contributed by atoms with Crippen LogP contribution < -0.4 is 10.2 Å². The maximum atomic E-state index is 14.6. The molecule has 0 bridgehead atoms. The average Bonchev–Trinajstić information content (AvgIpc) is 3.29. The topological polar surface area (TPSA) is 58.1 Å². The fourth-order valence-electron chi connectivity index (χ4n) is 4.13. The summed E-state index contributed by atoms with van der Waals surface area (Å²) < 4.78 is 14.6. The summed E-state index contributed by atoms with van der Waals surface area (Å²) in [5.74, 6) is 0.643. The normalized spacial score (nSPS) is 16.6. The van der Waals surface area contributed by atoms with Crippen LogP contribution >= 0.6 is 11.3 Å². The molecular weight excluding hydrogens is 387 g/mol. The number of para-hydroxylation sites is 1. The number of benzene rings is 1. The van der Waals surface area contributed by atoms with Crippen molar-refractivity contribution in [3.63, 3.8) is 0 Å². The van der Waals surface area contributed by atoms with Gasteiger partial charge in [0.2, 0.25) is 0 Å². The molecule has 7 heteroatoms. The third-order valence-electron chi connectivity index (χ3n) is 5.81. The van der Waals surface area contributed by atoms with Crippen LogP contribution in [0.2, 0.25) is 0 Å². The Kier molecular flexibility index (Phi) is 4.50. The molecule has 5 nitrogen and oxygen atoms in total. The molecule has 3 aromatic rings. The first-order valence-corrected chi connectivity index (χ1v) is 11.0. The zero-order valence-corrected chi connectivity index (χ0v) is 17.4. The van der Waals surface area contributed by atoms with E-state index in [1.807, 2.05) is 19.9 Å². The lowest BCUT2D eigenvalue weighted by molar-refractivity contribution is 0.102. The fourth-order valence-corrected chi connectivity index (χ4v) is 5.26. The lowest BCUT2D eigenvalue weighted by Crippen LogP contribution is -2.22. The van der Waals surface area contributed by atoms with Gasteiger partial charge in [0.05, 0.1) is 16.3 Å². The smallest absolute Gasteiger partial charge is 0.266 e. The van der Waals surface area contributed by atoms with Gasteiger partial charge in [-0.25, -0.2) is 14.4 Å². The standard InChI is InChI=1S/C22H23FN4OS/c1-12-17-13(2)24-20(14-8-9-14)26-22(17)29-19(12)21(28)25-18-15(23)6-5-7-16(18)27-10-3-4-11-27/h5-7,14H,3-4,8-11H2,1-2H3,(H,25,28). The van der Waals surface area contributed by atoms with Crippen LogP contribution in [0.1, 0.15) is 58.4 Å². The van der Waals surface area contributed by atoms with Gasteiger partial charge in [0.15, 0.2) is 0 Å². The summed E-state index contributed by atoms with van der Waals surface area (Å²) in [7, 11) is 0. The lowest BCUT2D eigenvalue weighted by Gasteiger charge is -2.21. The molecule has 1 saturated heterocycles. The maximum absolute atomic E-state index is 14.6. The van der Waals surface area contributed by atoms with Crippen molar-refractivity contribution in [1.29, 1.82) is 0 Å². The number of carbonyl (C=O) groups is 1. The van der Waals surface area contributed by atoms with E-state index in [0.717, 1.165) is 71.8 Å². The number of anilines is 2. The number of nitrogens with one attached hydrogen (secondary N) is 1. The largest absolute Gasteiger partial charge is 0.370 e. The van der Waals surface area contributed by atoms with Gasteiger partial charge in [0.1, 0.15) is 22.2 Å². The van der Waals surface area contributed by atoms with Crippen molar-refractivity contribution in [1.82, 2.24) is 9.97 Å². The van der Waals surface area contributed by atoms with Crippen molar-refractivity contribution in [2.75, 3.05) is 23.3 Å². The first kappa shape index (κ1) is 18.5. The minimum atomic E-state index is -0.409. The monoisotopic (exact) mass is 410 g/mol. The van der Waals surface area contributed by atoms with E-state index in [1.165, 1.54) is 17.4 Å². The second-order valence-electron chi connectivity index (χ2n) is 7.96. The number of hydrogen-bond acceptors (Lipinski definition) is 5. The number of halogens is 1. The summed E-state index contributed by atoms with van der Waals surface area (Å²) >= 11 is 1.37. The number of thiophene rings is 1. The summed E-state index contributed by atoms with van der Waals surface area (Å²) in [6.07, 6.45) is 4.44. The zero-order chi connectivity index (χ0) is 20.1. The van der Waals surface area contributed by atoms with Crippen LogP contribution in [0.3, 0.4) is 0 Å². The Bertz CT molecular complexity index is 1120. The third kappa shape index (κ3) is 3.27. The lowest BCUT2D eigenvalue weighted by atomic mass is 10.1. The number of fused-ring (bicyclic) bond motifs is 1. The van der Waals surface area contributed by atoms with Gasteiger partial charge in [-0.2, -0.15) is 0 Å². The van der Waals surface area contributed by atoms with Crippen molar-refractivity contribution in [3.8, 4) is 0 Å². The van der Waals surface area contributed by atoms with Gasteiger partial charge in [0, 0.05) is 24.4 Å². The number of aryl methyl sites for hydroxylation is 2. The highest BCUT2D eigenvalue weighted by Gasteiger charge is 2.29. The van der Waals surface area contributed by atoms with Crippen molar-refractivity contribution < 1.29 is 9.18 Å². The Morgan fingerprint density at radius 3 is 2.69 bits per heavy atom. The van der Waals surface area contributed by atoms with E-state index >= 15 is 0 Å². The molecule has 1 aliphatic carbocycles. The van der Waals surface area contributed by atoms with Crippen LogP contribution in [0.4, 0.5) is 15.8 Å². The van der Waals surface area contributed by atoms with Crippen molar-refractivity contribution in [3.05, 3.63) is 46.0 Å². The molecule has 1 amide bonds. The van der Waals surface area contributed by atoms with Crippen molar-refractivity contribution in [2.24, 2.45) is 0 Å². The second-order valence-corrected chi connectivity index (χ2v) is 8.96. The van der Waals surface area contributed by atoms with Gasteiger partial charge in [-0.15, -0.1) is 11.3 Å². The van der Waals surface area contributed by atoms with Crippen LogP contribution in [0, 0.1) is 19.7 Å². The molecule has 2 aliphatic rings. The number of hydrogen-bond donors (Lipinski definition) is 1. The Morgan fingerprint density at radius 1 is 1.21 bits per heavy atom. The average molecular weight is 411 g/mol. The maximum Gasteiger partial charge on any atom is 0.266 e. The Balaban J connectivity index is 1.51. The number of rotatable bonds is 4. The molecule has 0 atom stereocenters. The summed E-state index contributed by atoms with van der Waals surface area (Å²) in [5, 5.41) is 3.79. The van der Waals surface area contributed by atoms with Crippen LogP contribution in [-0.4, -0.2) is 29.0 Å². The first-order chi connectivity index (χ1) is 14.0. The van der Waals surface area contributed by atoms with Gasteiger partial charge in [-0.1, -0.05) is 6.07 Å². The Labute approximate surface area is 173 Å². The summed E-state index contributed by atoms with van der Waals surface area (Å²) in [5.41, 5.74) is 2.79. The quantitative estimate of drug-likeness (QED) is 0.644. The van der Waals surface area contributed by atoms with E-state index in [-0.39, 0.29) is 11.6 Å². The predicted molar refractivity (Wildman–Crippen MR) is 115 cm³/mol. The van der Waals surface area contributed by atoms with Gasteiger partial charge in [0.25, 0.3) is 5.91 Å². The zero-order valence-electron chi connectivity index (χ0n) is 16.6. The molecule has 2 aromatic heterocycles. The molecule has 0 radical (unpaired) electrons. The molecule has 1 saturated carbocycles. The highest BCUT2D eigenvalue weighted by molar-refractivity contribution is 7.20. The van der Waals surface area contributed by atoms with Gasteiger partial charge >= 0.3 is 0 Å². The molecular formula is C22H23FN4OS. The number of carbonyl (C=O) groups excluding carboxylic acids is 1. The predicted octanol–water partition coefficient (Wildman–Crippen LogP) is 5.18. The minimum absolute atomic E-state index is 0.262. The molecule has 5 rings (SSSR count). The molecule has 29 heavy (non-hydrogen) atoms. The van der Waals surface area contributed by atoms with Crippen molar-refractivity contribution in [2.45, 2.75) is 45.4 Å². The molecule has 3 heterocycles. The summed E-state index contributed by atoms with van der Waals surface area (Å²) in [4.78, 5) is 26.0. The van der Waals surface area contributed by atoms with E-state index < -0.39 is 5.82 Å². The molecule has 0 spiro atoms. The number of amides is 1.